The highest BCUT2D eigenvalue weighted by molar-refractivity contribution is 7.25. The zero-order valence-electron chi connectivity index (χ0n) is 37.2. The van der Waals surface area contributed by atoms with Crippen LogP contribution in [0.15, 0.2) is 164 Å². The van der Waals surface area contributed by atoms with Crippen LogP contribution in [0.2, 0.25) is 0 Å². The van der Waals surface area contributed by atoms with Crippen LogP contribution in [0.5, 0.6) is 0 Å². The number of unbranched alkanes of at least 4 members (excludes halogenated alkanes) is 1. The van der Waals surface area contributed by atoms with Gasteiger partial charge in [0.2, 0.25) is 0 Å². The topological polar surface area (TPSA) is 6.48 Å². The van der Waals surface area contributed by atoms with Crippen LogP contribution in [0.3, 0.4) is 0 Å². The molecule has 4 aliphatic carbocycles. The smallest absolute Gasteiger partial charge is 0.0468 e. The van der Waals surface area contributed by atoms with Gasteiger partial charge in [0, 0.05) is 54.3 Å². The van der Waals surface area contributed by atoms with Crippen LogP contribution >= 0.6 is 11.3 Å². The Labute approximate surface area is 383 Å². The second-order valence-corrected chi connectivity index (χ2v) is 20.7. The van der Waals surface area contributed by atoms with Crippen LogP contribution in [0.4, 0.5) is 34.1 Å². The molecule has 318 valence electrons. The average molecular weight is 851 g/mol. The summed E-state index contributed by atoms with van der Waals surface area (Å²) >= 11 is 1.88. The molecule has 7 aromatic carbocycles. The normalized spacial score (nSPS) is 22.0. The van der Waals surface area contributed by atoms with Crippen molar-refractivity contribution in [2.75, 3.05) is 9.80 Å². The molecule has 5 atom stereocenters. The third-order valence-corrected chi connectivity index (χ3v) is 17.2. The van der Waals surface area contributed by atoms with Crippen LogP contribution in [-0.4, -0.2) is 0 Å². The van der Waals surface area contributed by atoms with E-state index in [4.69, 9.17) is 0 Å². The van der Waals surface area contributed by atoms with E-state index >= 15 is 0 Å². The largest absolute Gasteiger partial charge is 0.311 e. The van der Waals surface area contributed by atoms with Gasteiger partial charge in [-0.05, 0) is 205 Å². The van der Waals surface area contributed by atoms with E-state index in [1.54, 1.807) is 11.1 Å². The fraction of sp³-hybridized carbons (Fsp3) is 0.279. The van der Waals surface area contributed by atoms with Crippen molar-refractivity contribution in [2.24, 2.45) is 17.8 Å². The summed E-state index contributed by atoms with van der Waals surface area (Å²) in [4.78, 5) is 4.94. The Kier molecular flexibility index (Phi) is 10.1. The Morgan fingerprint density at radius 3 is 1.92 bits per heavy atom. The molecule has 5 unspecified atom stereocenters. The van der Waals surface area contributed by atoms with E-state index in [1.807, 2.05) is 17.4 Å². The number of hydrogen-bond donors (Lipinski definition) is 0. The van der Waals surface area contributed by atoms with E-state index in [-0.39, 0.29) is 5.41 Å². The summed E-state index contributed by atoms with van der Waals surface area (Å²) in [6, 6.07) is 61.0. The molecule has 8 aromatic rings. The lowest BCUT2D eigenvalue weighted by Crippen LogP contribution is -2.52. The molecule has 64 heavy (non-hydrogen) atoms. The minimum Gasteiger partial charge on any atom is -0.311 e. The molecule has 1 heterocycles. The van der Waals surface area contributed by atoms with Gasteiger partial charge < -0.3 is 9.80 Å². The maximum absolute atomic E-state index is 4.03. The molecule has 0 spiro atoms. The van der Waals surface area contributed by atoms with Gasteiger partial charge in [-0.25, -0.2) is 0 Å². The van der Waals surface area contributed by atoms with Gasteiger partial charge in [-0.2, -0.15) is 0 Å². The van der Waals surface area contributed by atoms with Crippen LogP contribution in [0, 0.1) is 17.8 Å². The first-order valence-corrected chi connectivity index (χ1v) is 25.0. The minimum absolute atomic E-state index is 0.248. The summed E-state index contributed by atoms with van der Waals surface area (Å²) in [6.45, 7) is 6.31. The molecule has 3 saturated carbocycles. The first-order chi connectivity index (χ1) is 31.5. The van der Waals surface area contributed by atoms with Crippen LogP contribution in [0.1, 0.15) is 97.6 Å². The van der Waals surface area contributed by atoms with Crippen molar-refractivity contribution in [1.29, 1.82) is 0 Å². The Morgan fingerprint density at radius 1 is 0.594 bits per heavy atom. The average Bonchev–Trinajstić information content (AvgIpc) is 3.70. The first kappa shape index (κ1) is 39.7. The number of hydrogen-bond acceptors (Lipinski definition) is 3. The van der Waals surface area contributed by atoms with Crippen molar-refractivity contribution in [1.82, 2.24) is 0 Å². The second-order valence-electron chi connectivity index (χ2n) is 19.7. The molecule has 0 amide bonds. The molecule has 4 aliphatic rings. The minimum atomic E-state index is 0.248. The van der Waals surface area contributed by atoms with Crippen molar-refractivity contribution >= 4 is 71.7 Å². The number of benzene rings is 7. The van der Waals surface area contributed by atoms with E-state index in [2.05, 4.69) is 181 Å². The molecule has 12 rings (SSSR count). The number of anilines is 6. The molecule has 3 heteroatoms. The number of aryl methyl sites for hydroxylation is 3. The van der Waals surface area contributed by atoms with Gasteiger partial charge in [-0.3, -0.25) is 0 Å². The quantitative estimate of drug-likeness (QED) is 0.121. The number of fused-ring (bicyclic) bond motifs is 6. The first-order valence-electron chi connectivity index (χ1n) is 24.2. The highest BCUT2D eigenvalue weighted by atomic mass is 32.1. The van der Waals surface area contributed by atoms with E-state index in [0.717, 1.165) is 24.7 Å². The monoisotopic (exact) mass is 850 g/mol. The Hall–Kier alpha value is -5.90. The van der Waals surface area contributed by atoms with Gasteiger partial charge in [-0.15, -0.1) is 11.3 Å². The van der Waals surface area contributed by atoms with Gasteiger partial charge >= 0.3 is 0 Å². The summed E-state index contributed by atoms with van der Waals surface area (Å²) in [5.41, 5.74) is 16.1. The molecular formula is C61H58N2S. The van der Waals surface area contributed by atoms with E-state index < -0.39 is 0 Å². The third-order valence-electron chi connectivity index (χ3n) is 16.1. The molecule has 0 N–H and O–H groups in total. The number of thiophene rings is 1. The zero-order valence-corrected chi connectivity index (χ0v) is 38.0. The highest BCUT2D eigenvalue weighted by Gasteiger charge is 2.56. The van der Waals surface area contributed by atoms with Crippen LogP contribution < -0.4 is 9.80 Å². The maximum atomic E-state index is 4.03. The molecule has 0 aliphatic heterocycles. The number of rotatable bonds is 12. The van der Waals surface area contributed by atoms with E-state index in [1.165, 1.54) is 134 Å². The molecule has 2 nitrogen and oxygen atoms in total. The van der Waals surface area contributed by atoms with Gasteiger partial charge in [0.05, 0.1) is 0 Å². The lowest BCUT2D eigenvalue weighted by molar-refractivity contribution is -0.0150. The summed E-state index contributed by atoms with van der Waals surface area (Å²) in [7, 11) is 0. The van der Waals surface area contributed by atoms with Crippen molar-refractivity contribution in [2.45, 2.75) is 88.9 Å². The van der Waals surface area contributed by atoms with Crippen LogP contribution in [-0.2, 0) is 24.7 Å². The lowest BCUT2D eigenvalue weighted by Gasteiger charge is -2.60. The van der Waals surface area contributed by atoms with Gasteiger partial charge in [-0.1, -0.05) is 105 Å². The fourth-order valence-electron chi connectivity index (χ4n) is 12.9. The standard InChI is InChI=1S/C61H58N2S/c1-3-5-8-42-13-23-49(24-14-42)62(50-26-21-48(22-27-50)61-39-43-15-33-58(61)56(36-44(35-43)40-61)46-16-11-41(4-2)12-17-46)51-28-30-52(31-29-51)63(53-25-20-45-18-19-47(45)37-53)54-32-34-60-57(38-54)55-9-6-7-10-59(55)64-60/h4,6-7,9-14,16-17,20-32,34,37-38,43-44,56,58H,2-3,5,8,15,18-19,33,35-36,39-40H2,1H3. The SMILES string of the molecule is C=Cc1ccc(C2CC3CC4CCC2C(c2ccc(N(c5ccc(CCCC)cc5)c5ccc(N(c6ccc7c(c6)CC7)c6ccc7sc8ccccc8c7c6)cc5)cc2)(C4)C3)cc1. The fourth-order valence-corrected chi connectivity index (χ4v) is 14.0. The van der Waals surface area contributed by atoms with E-state index in [0.29, 0.717) is 11.8 Å². The molecule has 1 aromatic heterocycles. The molecule has 0 radical (unpaired) electrons. The van der Waals surface area contributed by atoms with Crippen LogP contribution in [0.25, 0.3) is 26.2 Å². The Bertz CT molecular complexity index is 2970. The highest BCUT2D eigenvalue weighted by Crippen LogP contribution is 2.64. The van der Waals surface area contributed by atoms with Gasteiger partial charge in [0.1, 0.15) is 0 Å². The van der Waals surface area contributed by atoms with Crippen molar-refractivity contribution < 1.29 is 0 Å². The van der Waals surface area contributed by atoms with E-state index in [9.17, 15) is 0 Å². The van der Waals surface area contributed by atoms with Crippen molar-refractivity contribution in [3.63, 3.8) is 0 Å². The summed E-state index contributed by atoms with van der Waals surface area (Å²) in [6.07, 6.45) is 16.0. The second kappa shape index (κ2) is 16.3. The zero-order chi connectivity index (χ0) is 42.8. The third kappa shape index (κ3) is 6.90. The lowest BCUT2D eigenvalue weighted by atomic mass is 9.44. The predicted molar refractivity (Wildman–Crippen MR) is 274 cm³/mol. The number of nitrogens with zero attached hydrogens (tertiary/aromatic N) is 2. The molecule has 3 bridgehead atoms. The summed E-state index contributed by atoms with van der Waals surface area (Å²) in [5, 5.41) is 2.65. The molecule has 0 saturated heterocycles. The van der Waals surface area contributed by atoms with Gasteiger partial charge in [0.15, 0.2) is 0 Å². The summed E-state index contributed by atoms with van der Waals surface area (Å²) in [5.74, 6) is 2.97. The molecular weight excluding hydrogens is 793 g/mol. The predicted octanol–water partition coefficient (Wildman–Crippen LogP) is 17.3. The van der Waals surface area contributed by atoms with Gasteiger partial charge in [0.25, 0.3) is 0 Å². The van der Waals surface area contributed by atoms with Crippen molar-refractivity contribution in [3.8, 4) is 0 Å². The summed E-state index contributed by atoms with van der Waals surface area (Å²) < 4.78 is 2.67. The Morgan fingerprint density at radius 2 is 1.22 bits per heavy atom. The van der Waals surface area contributed by atoms with Crippen molar-refractivity contribution in [3.05, 3.63) is 198 Å². The Balaban J connectivity index is 0.918. The maximum Gasteiger partial charge on any atom is 0.0468 e. The molecule has 3 fully saturated rings.